The van der Waals surface area contributed by atoms with Gasteiger partial charge >= 0.3 is 0 Å². The molecule has 0 aromatic heterocycles. The van der Waals surface area contributed by atoms with Crippen LogP contribution in [-0.4, -0.2) is 0 Å². The predicted molar refractivity (Wildman–Crippen MR) is 118 cm³/mol. The summed E-state index contributed by atoms with van der Waals surface area (Å²) in [4.78, 5) is 0. The molecular formula is C27H31F. The lowest BCUT2D eigenvalue weighted by Gasteiger charge is -2.26. The molecule has 2 aliphatic carbocycles. The summed E-state index contributed by atoms with van der Waals surface area (Å²) in [7, 11) is 0. The van der Waals surface area contributed by atoms with Gasteiger partial charge < -0.3 is 0 Å². The Morgan fingerprint density at radius 3 is 2.25 bits per heavy atom. The molecule has 146 valence electrons. The van der Waals surface area contributed by atoms with Crippen molar-refractivity contribution in [2.24, 2.45) is 11.8 Å². The van der Waals surface area contributed by atoms with Crippen molar-refractivity contribution in [3.63, 3.8) is 0 Å². The fourth-order valence-electron chi connectivity index (χ4n) is 4.64. The molecule has 0 N–H and O–H groups in total. The Balaban J connectivity index is 1.50. The lowest BCUT2D eigenvalue weighted by molar-refractivity contribution is 0.348. The van der Waals surface area contributed by atoms with Crippen molar-refractivity contribution in [2.45, 2.75) is 58.3 Å². The van der Waals surface area contributed by atoms with Gasteiger partial charge in [-0.25, -0.2) is 4.39 Å². The highest BCUT2D eigenvalue weighted by Crippen LogP contribution is 2.36. The SMILES string of the molecule is CCC1C=CC(c2ccc(-c3ccc(C4CCC(C)CC4)cc3)cc2F)=CC1. The zero-order chi connectivity index (χ0) is 19.5. The van der Waals surface area contributed by atoms with Crippen LogP contribution in [0, 0.1) is 17.7 Å². The number of benzene rings is 2. The van der Waals surface area contributed by atoms with Gasteiger partial charge in [-0.05, 0) is 71.8 Å². The van der Waals surface area contributed by atoms with E-state index in [1.807, 2.05) is 6.07 Å². The zero-order valence-corrected chi connectivity index (χ0v) is 17.1. The fourth-order valence-corrected chi connectivity index (χ4v) is 4.64. The molecule has 0 aliphatic heterocycles. The minimum absolute atomic E-state index is 0.131. The van der Waals surface area contributed by atoms with Gasteiger partial charge in [0.1, 0.15) is 5.82 Å². The second kappa shape index (κ2) is 8.47. The largest absolute Gasteiger partial charge is 0.206 e. The summed E-state index contributed by atoms with van der Waals surface area (Å²) in [5.74, 6) is 2.03. The number of hydrogen-bond acceptors (Lipinski definition) is 0. The number of rotatable bonds is 4. The molecule has 0 radical (unpaired) electrons. The molecule has 0 heterocycles. The normalized spacial score (nSPS) is 24.8. The molecule has 0 spiro atoms. The predicted octanol–water partition coefficient (Wildman–Crippen LogP) is 8.16. The van der Waals surface area contributed by atoms with E-state index in [0.717, 1.165) is 35.5 Å². The van der Waals surface area contributed by atoms with Gasteiger partial charge in [-0.15, -0.1) is 0 Å². The first-order chi connectivity index (χ1) is 13.6. The average molecular weight is 375 g/mol. The summed E-state index contributed by atoms with van der Waals surface area (Å²) < 4.78 is 14.8. The van der Waals surface area contributed by atoms with Crippen LogP contribution in [0.15, 0.2) is 60.7 Å². The Hall–Kier alpha value is -2.15. The molecule has 4 rings (SSSR count). The van der Waals surface area contributed by atoms with E-state index in [4.69, 9.17) is 0 Å². The third-order valence-corrected chi connectivity index (χ3v) is 6.72. The molecule has 0 nitrogen and oxygen atoms in total. The molecule has 0 amide bonds. The van der Waals surface area contributed by atoms with Gasteiger partial charge in [-0.1, -0.05) is 81.3 Å². The molecule has 1 fully saturated rings. The van der Waals surface area contributed by atoms with Gasteiger partial charge in [-0.2, -0.15) is 0 Å². The second-order valence-corrected chi connectivity index (χ2v) is 8.70. The van der Waals surface area contributed by atoms with E-state index in [2.05, 4.69) is 62.4 Å². The molecule has 0 saturated heterocycles. The van der Waals surface area contributed by atoms with E-state index in [1.54, 1.807) is 6.07 Å². The van der Waals surface area contributed by atoms with Crippen LogP contribution in [0.25, 0.3) is 16.7 Å². The molecular weight excluding hydrogens is 343 g/mol. The van der Waals surface area contributed by atoms with Crippen molar-refractivity contribution in [3.05, 3.63) is 77.6 Å². The monoisotopic (exact) mass is 374 g/mol. The molecule has 1 heteroatoms. The lowest BCUT2D eigenvalue weighted by Crippen LogP contribution is -2.10. The van der Waals surface area contributed by atoms with Crippen LogP contribution in [0.3, 0.4) is 0 Å². The van der Waals surface area contributed by atoms with Crippen molar-refractivity contribution >= 4 is 5.57 Å². The van der Waals surface area contributed by atoms with E-state index in [9.17, 15) is 4.39 Å². The van der Waals surface area contributed by atoms with Crippen LogP contribution in [0.2, 0.25) is 0 Å². The molecule has 28 heavy (non-hydrogen) atoms. The van der Waals surface area contributed by atoms with Crippen LogP contribution in [0.5, 0.6) is 0 Å². The number of allylic oxidation sites excluding steroid dienone is 4. The van der Waals surface area contributed by atoms with Gasteiger partial charge in [0.25, 0.3) is 0 Å². The zero-order valence-electron chi connectivity index (χ0n) is 17.1. The first kappa shape index (κ1) is 19.2. The third-order valence-electron chi connectivity index (χ3n) is 6.72. The van der Waals surface area contributed by atoms with Gasteiger partial charge in [-0.3, -0.25) is 0 Å². The highest BCUT2D eigenvalue weighted by Gasteiger charge is 2.19. The summed E-state index contributed by atoms with van der Waals surface area (Å²) in [5, 5.41) is 0. The van der Waals surface area contributed by atoms with Gasteiger partial charge in [0.15, 0.2) is 0 Å². The van der Waals surface area contributed by atoms with Crippen LogP contribution in [0.1, 0.15) is 69.4 Å². The summed E-state index contributed by atoms with van der Waals surface area (Å²) in [6.07, 6.45) is 13.9. The average Bonchev–Trinajstić information content (AvgIpc) is 2.74. The molecule has 1 atom stereocenters. The molecule has 2 aliphatic rings. The molecule has 2 aromatic rings. The van der Waals surface area contributed by atoms with Gasteiger partial charge in [0.2, 0.25) is 0 Å². The van der Waals surface area contributed by atoms with Crippen molar-refractivity contribution in [1.29, 1.82) is 0 Å². The minimum atomic E-state index is -0.131. The van der Waals surface area contributed by atoms with E-state index >= 15 is 0 Å². The smallest absolute Gasteiger partial charge is 0.131 e. The van der Waals surface area contributed by atoms with E-state index in [0.29, 0.717) is 17.4 Å². The Labute approximate surface area is 169 Å². The Bertz CT molecular complexity index is 864. The fraction of sp³-hybridized carbons (Fsp3) is 0.407. The van der Waals surface area contributed by atoms with E-state index in [-0.39, 0.29) is 5.82 Å². The second-order valence-electron chi connectivity index (χ2n) is 8.70. The molecule has 1 unspecified atom stereocenters. The summed E-state index contributed by atoms with van der Waals surface area (Å²) in [6.45, 7) is 4.56. The summed E-state index contributed by atoms with van der Waals surface area (Å²) in [5.41, 5.74) is 5.21. The van der Waals surface area contributed by atoms with Crippen molar-refractivity contribution in [1.82, 2.24) is 0 Å². The number of hydrogen-bond donors (Lipinski definition) is 0. The van der Waals surface area contributed by atoms with E-state index in [1.165, 1.54) is 31.2 Å². The van der Waals surface area contributed by atoms with E-state index < -0.39 is 0 Å². The lowest BCUT2D eigenvalue weighted by atomic mass is 9.79. The summed E-state index contributed by atoms with van der Waals surface area (Å²) in [6, 6.07) is 14.5. The Kier molecular flexibility index (Phi) is 5.80. The topological polar surface area (TPSA) is 0 Å². The minimum Gasteiger partial charge on any atom is -0.206 e. The summed E-state index contributed by atoms with van der Waals surface area (Å²) >= 11 is 0. The van der Waals surface area contributed by atoms with Crippen LogP contribution < -0.4 is 0 Å². The van der Waals surface area contributed by atoms with Crippen molar-refractivity contribution < 1.29 is 4.39 Å². The third kappa shape index (κ3) is 4.14. The highest BCUT2D eigenvalue weighted by molar-refractivity contribution is 5.77. The molecule has 2 aromatic carbocycles. The standard InChI is InChI=1S/C27H31F/c1-3-20-6-10-24(11-7-20)26-17-16-25(18-27(26)28)23-14-12-22(13-15-23)21-8-4-19(2)5-9-21/h6,10-21H,3-5,7-9H2,1-2H3. The maximum Gasteiger partial charge on any atom is 0.131 e. The quantitative estimate of drug-likeness (QED) is 0.506. The highest BCUT2D eigenvalue weighted by atomic mass is 19.1. The van der Waals surface area contributed by atoms with Crippen LogP contribution in [-0.2, 0) is 0 Å². The maximum absolute atomic E-state index is 14.8. The maximum atomic E-state index is 14.8. The first-order valence-electron chi connectivity index (χ1n) is 10.9. The number of halogens is 1. The van der Waals surface area contributed by atoms with Gasteiger partial charge in [0.05, 0.1) is 0 Å². The molecule has 1 saturated carbocycles. The Morgan fingerprint density at radius 2 is 1.64 bits per heavy atom. The van der Waals surface area contributed by atoms with Crippen LogP contribution >= 0.6 is 0 Å². The Morgan fingerprint density at radius 1 is 0.929 bits per heavy atom. The van der Waals surface area contributed by atoms with Crippen molar-refractivity contribution in [2.75, 3.05) is 0 Å². The van der Waals surface area contributed by atoms with Gasteiger partial charge in [0, 0.05) is 5.56 Å². The first-order valence-corrected chi connectivity index (χ1v) is 10.9. The van der Waals surface area contributed by atoms with Crippen LogP contribution in [0.4, 0.5) is 4.39 Å². The molecule has 0 bridgehead atoms. The van der Waals surface area contributed by atoms with Crippen molar-refractivity contribution in [3.8, 4) is 11.1 Å².